The van der Waals surface area contributed by atoms with E-state index in [-0.39, 0.29) is 0 Å². The first-order valence-corrected chi connectivity index (χ1v) is 8.84. The first-order chi connectivity index (χ1) is 10.5. The summed E-state index contributed by atoms with van der Waals surface area (Å²) in [6.45, 7) is 2.22. The van der Waals surface area contributed by atoms with Gasteiger partial charge in [0, 0.05) is 0 Å². The summed E-state index contributed by atoms with van der Waals surface area (Å²) >= 11 is 0. The maximum absolute atomic E-state index is 11.6. The zero-order chi connectivity index (χ0) is 16.4. The molecule has 0 aromatic carbocycles. The van der Waals surface area contributed by atoms with Crippen LogP contribution < -0.4 is 0 Å². The topological polar surface area (TPSA) is 77.8 Å². The molecule has 0 aliphatic heterocycles. The van der Waals surface area contributed by atoms with E-state index in [9.17, 15) is 20.1 Å². The quantitative estimate of drug-likeness (QED) is 0.484. The zero-order valence-electron chi connectivity index (χ0n) is 13.8. The van der Waals surface area contributed by atoms with Crippen molar-refractivity contribution in [3.63, 3.8) is 0 Å². The van der Waals surface area contributed by atoms with Crippen molar-refractivity contribution >= 4 is 5.78 Å². The van der Waals surface area contributed by atoms with E-state index in [0.29, 0.717) is 6.42 Å². The Kier molecular flexibility index (Phi) is 8.91. The largest absolute Gasteiger partial charge is 0.390 e. The molecule has 1 rings (SSSR count). The predicted octanol–water partition coefficient (Wildman–Crippen LogP) is 2.89. The Morgan fingerprint density at radius 1 is 1.05 bits per heavy atom. The number of rotatable bonds is 12. The first kappa shape index (κ1) is 19.3. The maximum Gasteiger partial charge on any atom is 0.192 e. The minimum atomic E-state index is -2.03. The molecular formula is C18H32O4. The molecular weight excluding hydrogens is 280 g/mol. The number of carbonyl (C=O) groups excluding carboxylic acids is 1. The lowest BCUT2D eigenvalue weighted by atomic mass is 9.87. The van der Waals surface area contributed by atoms with Crippen LogP contribution in [0.2, 0.25) is 0 Å². The van der Waals surface area contributed by atoms with Gasteiger partial charge in [-0.1, -0.05) is 71.1 Å². The van der Waals surface area contributed by atoms with Crippen LogP contribution in [0.15, 0.2) is 12.2 Å². The Labute approximate surface area is 134 Å². The van der Waals surface area contributed by atoms with Crippen LogP contribution in [-0.4, -0.2) is 38.9 Å². The minimum Gasteiger partial charge on any atom is -0.390 e. The molecule has 3 N–H and O–H groups in total. The van der Waals surface area contributed by atoms with Crippen molar-refractivity contribution in [3.8, 4) is 0 Å². The Morgan fingerprint density at radius 3 is 2.00 bits per heavy atom. The number of hydrogen-bond acceptors (Lipinski definition) is 4. The van der Waals surface area contributed by atoms with Gasteiger partial charge in [0.2, 0.25) is 0 Å². The van der Waals surface area contributed by atoms with Crippen molar-refractivity contribution in [1.29, 1.82) is 0 Å². The molecule has 0 radical (unpaired) electrons. The van der Waals surface area contributed by atoms with Gasteiger partial charge in [0.25, 0.3) is 0 Å². The number of aliphatic hydroxyl groups excluding tert-OH is 2. The third kappa shape index (κ3) is 5.49. The third-order valence-electron chi connectivity index (χ3n) is 4.61. The fraction of sp³-hybridized carbons (Fsp3) is 0.833. The van der Waals surface area contributed by atoms with Crippen LogP contribution in [0.25, 0.3) is 0 Å². The fourth-order valence-corrected chi connectivity index (χ4v) is 3.01. The number of aliphatic hydroxyl groups is 3. The highest BCUT2D eigenvalue weighted by Gasteiger charge is 2.50. The van der Waals surface area contributed by atoms with Crippen LogP contribution in [0.3, 0.4) is 0 Å². The van der Waals surface area contributed by atoms with Gasteiger partial charge in [0.05, 0.1) is 6.10 Å². The van der Waals surface area contributed by atoms with Crippen LogP contribution in [-0.2, 0) is 4.79 Å². The molecule has 0 heterocycles. The van der Waals surface area contributed by atoms with Gasteiger partial charge in [-0.05, 0) is 18.6 Å². The van der Waals surface area contributed by atoms with Gasteiger partial charge >= 0.3 is 0 Å². The summed E-state index contributed by atoms with van der Waals surface area (Å²) in [5.74, 6) is -0.598. The molecule has 0 saturated carbocycles. The second kappa shape index (κ2) is 10.1. The Hall–Kier alpha value is -0.710. The van der Waals surface area contributed by atoms with E-state index in [1.54, 1.807) is 0 Å². The smallest absolute Gasteiger partial charge is 0.192 e. The summed E-state index contributed by atoms with van der Waals surface area (Å²) in [6, 6.07) is 0. The molecule has 0 saturated heterocycles. The molecule has 128 valence electrons. The van der Waals surface area contributed by atoms with E-state index in [1.165, 1.54) is 51.0 Å². The molecule has 1 aliphatic rings. The highest BCUT2D eigenvalue weighted by Crippen LogP contribution is 2.27. The lowest BCUT2D eigenvalue weighted by Gasteiger charge is -2.30. The van der Waals surface area contributed by atoms with E-state index in [2.05, 4.69) is 6.92 Å². The number of ketones is 1. The van der Waals surface area contributed by atoms with Crippen molar-refractivity contribution in [2.75, 3.05) is 0 Å². The van der Waals surface area contributed by atoms with E-state index in [4.69, 9.17) is 0 Å². The normalized spacial score (nSPS) is 25.8. The Balaban J connectivity index is 2.04. The van der Waals surface area contributed by atoms with E-state index >= 15 is 0 Å². The van der Waals surface area contributed by atoms with E-state index < -0.39 is 23.6 Å². The second-order valence-corrected chi connectivity index (χ2v) is 6.48. The fourth-order valence-electron chi connectivity index (χ4n) is 3.01. The summed E-state index contributed by atoms with van der Waals surface area (Å²) in [5, 5.41) is 29.8. The van der Waals surface area contributed by atoms with E-state index in [1.807, 2.05) is 0 Å². The first-order valence-electron chi connectivity index (χ1n) is 8.84. The Morgan fingerprint density at radius 2 is 1.55 bits per heavy atom. The number of hydrogen-bond donors (Lipinski definition) is 3. The van der Waals surface area contributed by atoms with Gasteiger partial charge < -0.3 is 15.3 Å². The molecule has 0 aromatic heterocycles. The van der Waals surface area contributed by atoms with Crippen molar-refractivity contribution in [2.24, 2.45) is 0 Å². The molecule has 1 aliphatic carbocycles. The van der Waals surface area contributed by atoms with Gasteiger partial charge in [-0.25, -0.2) is 0 Å². The summed E-state index contributed by atoms with van der Waals surface area (Å²) < 4.78 is 0. The third-order valence-corrected chi connectivity index (χ3v) is 4.61. The molecule has 0 fully saturated rings. The molecule has 4 heteroatoms. The van der Waals surface area contributed by atoms with Crippen LogP contribution in [0.1, 0.15) is 77.6 Å². The van der Waals surface area contributed by atoms with Gasteiger partial charge in [0.15, 0.2) is 11.4 Å². The lowest BCUT2D eigenvalue weighted by molar-refractivity contribution is -0.158. The van der Waals surface area contributed by atoms with Gasteiger partial charge in [-0.2, -0.15) is 0 Å². The predicted molar refractivity (Wildman–Crippen MR) is 87.6 cm³/mol. The molecule has 22 heavy (non-hydrogen) atoms. The van der Waals surface area contributed by atoms with Crippen molar-refractivity contribution in [2.45, 2.75) is 95.4 Å². The molecule has 3 atom stereocenters. The van der Waals surface area contributed by atoms with Crippen LogP contribution in [0.5, 0.6) is 0 Å². The zero-order valence-corrected chi connectivity index (χ0v) is 13.8. The highest BCUT2D eigenvalue weighted by molar-refractivity contribution is 6.00. The van der Waals surface area contributed by atoms with Gasteiger partial charge in [0.1, 0.15) is 6.10 Å². The maximum atomic E-state index is 11.6. The van der Waals surface area contributed by atoms with Gasteiger partial charge in [-0.15, -0.1) is 0 Å². The van der Waals surface area contributed by atoms with Crippen LogP contribution in [0, 0.1) is 0 Å². The Bertz CT molecular complexity index is 353. The summed E-state index contributed by atoms with van der Waals surface area (Å²) in [5.41, 5.74) is -2.03. The molecule has 4 nitrogen and oxygen atoms in total. The SMILES string of the molecule is CCCCCCCCCCCCC(O)C1(O)C(=O)C=CC1O. The molecule has 0 aromatic rings. The molecule has 0 amide bonds. The van der Waals surface area contributed by atoms with Crippen molar-refractivity contribution in [3.05, 3.63) is 12.2 Å². The van der Waals surface area contributed by atoms with Gasteiger partial charge in [-0.3, -0.25) is 4.79 Å². The molecule has 0 spiro atoms. The summed E-state index contributed by atoms with van der Waals surface area (Å²) in [4.78, 5) is 11.6. The summed E-state index contributed by atoms with van der Waals surface area (Å²) in [7, 11) is 0. The standard InChI is InChI=1S/C18H32O4/c1-2-3-4-5-6-7-8-9-10-11-12-15(19)18(22)16(20)13-14-17(18)21/h13-16,19-20,22H,2-12H2,1H3. The minimum absolute atomic E-state index is 0.345. The molecule has 3 unspecified atom stereocenters. The van der Waals surface area contributed by atoms with E-state index in [0.717, 1.165) is 25.3 Å². The number of carbonyl (C=O) groups is 1. The monoisotopic (exact) mass is 312 g/mol. The average Bonchev–Trinajstić information content (AvgIpc) is 2.77. The number of unbranched alkanes of at least 4 members (excludes halogenated alkanes) is 9. The van der Waals surface area contributed by atoms with Crippen LogP contribution >= 0.6 is 0 Å². The van der Waals surface area contributed by atoms with Crippen molar-refractivity contribution in [1.82, 2.24) is 0 Å². The van der Waals surface area contributed by atoms with Crippen LogP contribution in [0.4, 0.5) is 0 Å². The highest BCUT2D eigenvalue weighted by atomic mass is 16.4. The summed E-state index contributed by atoms with van der Waals surface area (Å²) in [6.07, 6.45) is 12.2. The second-order valence-electron chi connectivity index (χ2n) is 6.48. The average molecular weight is 312 g/mol. The lowest BCUT2D eigenvalue weighted by Crippen LogP contribution is -2.54. The van der Waals surface area contributed by atoms with Crippen molar-refractivity contribution < 1.29 is 20.1 Å². The molecule has 0 bridgehead atoms.